The predicted molar refractivity (Wildman–Crippen MR) is 96.9 cm³/mol. The van der Waals surface area contributed by atoms with Gasteiger partial charge in [0.25, 0.3) is 0 Å². The Morgan fingerprint density at radius 1 is 0.259 bits per heavy atom. The van der Waals surface area contributed by atoms with Crippen LogP contribution >= 0.6 is 0 Å². The molecule has 0 saturated heterocycles. The Balaban J connectivity index is -0.000000274. The molecule has 0 aliphatic carbocycles. The van der Waals surface area contributed by atoms with Crippen molar-refractivity contribution in [1.29, 1.82) is 0 Å². The third-order valence-electron chi connectivity index (χ3n) is 2.27. The number of rotatable bonds is 0. The summed E-state index contributed by atoms with van der Waals surface area (Å²) >= 11 is 0. The molecule has 4 aromatic heterocycles. The third kappa shape index (κ3) is 23.7. The van der Waals surface area contributed by atoms with Gasteiger partial charge < -0.3 is 24.8 Å². The quantitative estimate of drug-likeness (QED) is 0.325. The van der Waals surface area contributed by atoms with Gasteiger partial charge in [0.15, 0.2) is 0 Å². The first kappa shape index (κ1) is 29.4. The molecule has 0 atom stereocenters. The Labute approximate surface area is 183 Å². The largest absolute Gasteiger partial charge is 3.00 e. The summed E-state index contributed by atoms with van der Waals surface area (Å²) in [6.07, 6.45) is 14.0. The monoisotopic (exact) mass is 445 g/mol. The molecule has 0 spiro atoms. The van der Waals surface area contributed by atoms with E-state index in [1.165, 1.54) is 0 Å². The van der Waals surface area contributed by atoms with Crippen molar-refractivity contribution >= 4 is 0 Å². The fourth-order valence-electron chi connectivity index (χ4n) is 1.25. The third-order valence-corrected chi connectivity index (χ3v) is 2.27. The van der Waals surface area contributed by atoms with E-state index < -0.39 is 0 Å². The molecule has 4 heterocycles. The molecule has 4 aromatic rings. The molecule has 0 aliphatic heterocycles. The van der Waals surface area contributed by atoms with Gasteiger partial charge in [0.05, 0.1) is 0 Å². The van der Waals surface area contributed by atoms with Crippen molar-refractivity contribution in [3.05, 3.63) is 122 Å². The number of pyridine rings is 4. The van der Waals surface area contributed by atoms with Gasteiger partial charge in [-0.15, -0.1) is 0 Å². The van der Waals surface area contributed by atoms with E-state index >= 15 is 0 Å². The number of nitrogens with zero attached hydrogens (tertiary/aromatic N) is 4. The SMILES string of the molecule is [Cl-].[Cl-].[Co+3].c1ccncc1.c1ccncc1.c1ccncc1.c1ccncc1. The van der Waals surface area contributed by atoms with E-state index in [0.29, 0.717) is 0 Å². The van der Waals surface area contributed by atoms with Crippen molar-refractivity contribution in [3.8, 4) is 0 Å². The zero-order chi connectivity index (χ0) is 17.0. The predicted octanol–water partition coefficient (Wildman–Crippen LogP) is -1.67. The topological polar surface area (TPSA) is 51.6 Å². The molecule has 27 heavy (non-hydrogen) atoms. The summed E-state index contributed by atoms with van der Waals surface area (Å²) in [5.41, 5.74) is 0. The molecule has 0 saturated carbocycles. The summed E-state index contributed by atoms with van der Waals surface area (Å²) in [7, 11) is 0. The van der Waals surface area contributed by atoms with Crippen molar-refractivity contribution in [2.45, 2.75) is 0 Å². The number of aromatic nitrogens is 4. The zero-order valence-electron chi connectivity index (χ0n) is 14.4. The molecule has 0 amide bonds. The van der Waals surface area contributed by atoms with E-state index in [9.17, 15) is 0 Å². The second-order valence-electron chi connectivity index (χ2n) is 4.10. The van der Waals surface area contributed by atoms with Crippen LogP contribution < -0.4 is 24.8 Å². The van der Waals surface area contributed by atoms with Crippen LogP contribution in [-0.4, -0.2) is 19.9 Å². The van der Waals surface area contributed by atoms with Gasteiger partial charge in [-0.25, -0.2) is 0 Å². The van der Waals surface area contributed by atoms with Crippen molar-refractivity contribution in [3.63, 3.8) is 0 Å². The summed E-state index contributed by atoms with van der Waals surface area (Å²) in [5.74, 6) is 0. The van der Waals surface area contributed by atoms with Gasteiger partial charge in [0.1, 0.15) is 0 Å². The minimum absolute atomic E-state index is 0. The van der Waals surface area contributed by atoms with Crippen LogP contribution in [0.4, 0.5) is 0 Å². The summed E-state index contributed by atoms with van der Waals surface area (Å²) in [5, 5.41) is 0. The zero-order valence-corrected chi connectivity index (χ0v) is 17.0. The fourth-order valence-corrected chi connectivity index (χ4v) is 1.25. The van der Waals surface area contributed by atoms with Crippen LogP contribution in [0.25, 0.3) is 0 Å². The van der Waals surface area contributed by atoms with Crippen molar-refractivity contribution in [2.24, 2.45) is 0 Å². The molecule has 0 bridgehead atoms. The molecule has 0 radical (unpaired) electrons. The van der Waals surface area contributed by atoms with E-state index in [-0.39, 0.29) is 41.6 Å². The molecule has 142 valence electrons. The maximum Gasteiger partial charge on any atom is 3.00 e. The number of hydrogen-bond acceptors (Lipinski definition) is 4. The normalized spacial score (nSPS) is 7.11. The molecule has 4 nitrogen and oxygen atoms in total. The minimum Gasteiger partial charge on any atom is -1.00 e. The average Bonchev–Trinajstić information content (AvgIpc) is 2.75. The van der Waals surface area contributed by atoms with E-state index in [1.54, 1.807) is 49.6 Å². The molecule has 4 rings (SSSR count). The first-order valence-corrected chi connectivity index (χ1v) is 7.40. The first-order chi connectivity index (χ1) is 12.0. The van der Waals surface area contributed by atoms with Crippen LogP contribution in [0, 0.1) is 0 Å². The van der Waals surface area contributed by atoms with Gasteiger partial charge >= 0.3 is 16.8 Å². The summed E-state index contributed by atoms with van der Waals surface area (Å²) in [6, 6.07) is 22.9. The van der Waals surface area contributed by atoms with Gasteiger partial charge in [-0.2, -0.15) is 0 Å². The van der Waals surface area contributed by atoms with Crippen molar-refractivity contribution < 1.29 is 41.6 Å². The molecule has 0 N–H and O–H groups in total. The molecular formula is C20H20Cl2CoN4+. The van der Waals surface area contributed by atoms with E-state index in [0.717, 1.165) is 0 Å². The number of halogens is 2. The van der Waals surface area contributed by atoms with Crippen LogP contribution in [0.2, 0.25) is 0 Å². The Morgan fingerprint density at radius 3 is 0.444 bits per heavy atom. The maximum absolute atomic E-state index is 3.78. The Bertz CT molecular complexity index is 446. The van der Waals surface area contributed by atoms with Gasteiger partial charge in [0, 0.05) is 49.6 Å². The second kappa shape index (κ2) is 25.9. The Kier molecular flexibility index (Phi) is 28.3. The Hall–Kier alpha value is -2.31. The van der Waals surface area contributed by atoms with E-state index in [2.05, 4.69) is 19.9 Å². The van der Waals surface area contributed by atoms with E-state index in [4.69, 9.17) is 0 Å². The van der Waals surface area contributed by atoms with Crippen LogP contribution in [0.5, 0.6) is 0 Å². The van der Waals surface area contributed by atoms with Gasteiger partial charge in [-0.05, 0) is 48.5 Å². The summed E-state index contributed by atoms with van der Waals surface area (Å²) in [6.45, 7) is 0. The summed E-state index contributed by atoms with van der Waals surface area (Å²) in [4.78, 5) is 15.1. The molecular weight excluding hydrogens is 426 g/mol. The average molecular weight is 446 g/mol. The standard InChI is InChI=1S/4C5H5N.2ClH.Co/c4*1-2-4-6-5-3-1;;;/h4*1-5H;2*1H;/q;;;;;;+3/p-2. The van der Waals surface area contributed by atoms with Crippen LogP contribution in [0.1, 0.15) is 0 Å². The second-order valence-corrected chi connectivity index (χ2v) is 4.10. The summed E-state index contributed by atoms with van der Waals surface area (Å²) < 4.78 is 0. The molecule has 0 unspecified atom stereocenters. The van der Waals surface area contributed by atoms with Crippen LogP contribution in [-0.2, 0) is 16.8 Å². The smallest absolute Gasteiger partial charge is 1.00 e. The van der Waals surface area contributed by atoms with Crippen molar-refractivity contribution in [1.82, 2.24) is 19.9 Å². The molecule has 7 heteroatoms. The molecule has 0 aromatic carbocycles. The van der Waals surface area contributed by atoms with Crippen molar-refractivity contribution in [2.75, 3.05) is 0 Å². The van der Waals surface area contributed by atoms with Gasteiger partial charge in [-0.3, -0.25) is 19.9 Å². The minimum atomic E-state index is 0. The number of hydrogen-bond donors (Lipinski definition) is 0. The fraction of sp³-hybridized carbons (Fsp3) is 0. The first-order valence-electron chi connectivity index (χ1n) is 7.40. The van der Waals surface area contributed by atoms with Crippen LogP contribution in [0.15, 0.2) is 122 Å². The van der Waals surface area contributed by atoms with Crippen LogP contribution in [0.3, 0.4) is 0 Å². The maximum atomic E-state index is 3.78. The van der Waals surface area contributed by atoms with E-state index in [1.807, 2.05) is 72.8 Å². The Morgan fingerprint density at radius 2 is 0.407 bits per heavy atom. The molecule has 0 aliphatic rings. The van der Waals surface area contributed by atoms with Gasteiger partial charge in [0.2, 0.25) is 0 Å². The molecule has 0 fully saturated rings. The van der Waals surface area contributed by atoms with Gasteiger partial charge in [-0.1, -0.05) is 24.3 Å².